The molecule has 0 saturated carbocycles. The van der Waals surface area contributed by atoms with Gasteiger partial charge in [0.1, 0.15) is 17.2 Å². The average molecular weight is 571 g/mol. The molecule has 1 N–H and O–H groups in total. The summed E-state index contributed by atoms with van der Waals surface area (Å²) in [4.78, 5) is 36.9. The highest BCUT2D eigenvalue weighted by Crippen LogP contribution is 2.40. The third kappa shape index (κ3) is 4.64. The number of halogens is 5. The summed E-state index contributed by atoms with van der Waals surface area (Å²) in [5.74, 6) is -2.20. The van der Waals surface area contributed by atoms with Crippen molar-refractivity contribution in [2.75, 3.05) is 24.5 Å². The number of amides is 1. The van der Waals surface area contributed by atoms with Crippen molar-refractivity contribution in [1.29, 1.82) is 0 Å². The molecule has 41 heavy (non-hydrogen) atoms. The van der Waals surface area contributed by atoms with E-state index in [9.17, 15) is 31.5 Å². The van der Waals surface area contributed by atoms with Crippen molar-refractivity contribution in [3.8, 4) is 17.1 Å². The van der Waals surface area contributed by atoms with E-state index >= 15 is 0 Å². The number of hydrogen-bond acceptors (Lipinski definition) is 5. The molecule has 0 radical (unpaired) electrons. The monoisotopic (exact) mass is 570 g/mol. The van der Waals surface area contributed by atoms with Gasteiger partial charge in [-0.25, -0.2) is 18.4 Å². The van der Waals surface area contributed by atoms with E-state index in [0.29, 0.717) is 43.6 Å². The van der Waals surface area contributed by atoms with Crippen molar-refractivity contribution in [1.82, 2.24) is 24.6 Å². The summed E-state index contributed by atoms with van der Waals surface area (Å²) < 4.78 is 68.8. The molecule has 212 valence electrons. The van der Waals surface area contributed by atoms with E-state index in [1.165, 1.54) is 30.7 Å². The van der Waals surface area contributed by atoms with E-state index in [1.54, 1.807) is 17.0 Å². The maximum atomic E-state index is 14.0. The summed E-state index contributed by atoms with van der Waals surface area (Å²) >= 11 is 0. The molecular weight excluding hydrogens is 547 g/mol. The van der Waals surface area contributed by atoms with E-state index < -0.39 is 29.0 Å². The number of imidazole rings is 1. The second kappa shape index (κ2) is 9.82. The van der Waals surface area contributed by atoms with E-state index in [1.807, 2.05) is 4.90 Å². The average Bonchev–Trinajstić information content (AvgIpc) is 3.70. The molecule has 6 rings (SSSR count). The van der Waals surface area contributed by atoms with Crippen LogP contribution in [0.25, 0.3) is 17.1 Å². The van der Waals surface area contributed by atoms with Crippen LogP contribution in [-0.4, -0.2) is 61.5 Å². The molecule has 1 spiro atoms. The zero-order valence-electron chi connectivity index (χ0n) is 21.5. The number of H-pyrrole nitrogens is 1. The van der Waals surface area contributed by atoms with Crippen molar-refractivity contribution >= 4 is 17.4 Å². The van der Waals surface area contributed by atoms with Gasteiger partial charge >= 0.3 is 6.18 Å². The van der Waals surface area contributed by atoms with Crippen molar-refractivity contribution in [2.45, 2.75) is 31.0 Å². The molecule has 4 aromatic rings. The van der Waals surface area contributed by atoms with Crippen LogP contribution in [0.1, 0.15) is 35.3 Å². The van der Waals surface area contributed by atoms with Gasteiger partial charge in [0.15, 0.2) is 11.5 Å². The number of Topliss-reactive ketones (excluding diaryl/α,β-unsaturated/α-hetero) is 1. The normalized spacial score (nSPS) is 17.0. The number of nitrogens with zero attached hydrogens (tertiary/aromatic N) is 5. The first-order valence-corrected chi connectivity index (χ1v) is 12.9. The van der Waals surface area contributed by atoms with E-state index in [2.05, 4.69) is 15.1 Å². The molecule has 1 amide bonds. The Morgan fingerprint density at radius 2 is 1.66 bits per heavy atom. The lowest BCUT2D eigenvalue weighted by Gasteiger charge is -2.44. The van der Waals surface area contributed by atoms with Gasteiger partial charge in [0.25, 0.3) is 5.91 Å². The molecular formula is C28H23F5N6O2. The zero-order chi connectivity index (χ0) is 28.9. The van der Waals surface area contributed by atoms with Crippen LogP contribution in [0.2, 0.25) is 0 Å². The van der Waals surface area contributed by atoms with Gasteiger partial charge in [-0.15, -0.1) is 0 Å². The minimum Gasteiger partial charge on any atom is -0.358 e. The molecule has 8 nitrogen and oxygen atoms in total. The number of benzene rings is 2. The fraction of sp³-hybridized carbons (Fsp3) is 0.286. The molecule has 0 atom stereocenters. The van der Waals surface area contributed by atoms with Crippen LogP contribution in [0.3, 0.4) is 0 Å². The molecule has 2 aliphatic heterocycles. The van der Waals surface area contributed by atoms with E-state index in [-0.39, 0.29) is 41.8 Å². The van der Waals surface area contributed by atoms with Gasteiger partial charge in [-0.05, 0) is 61.4 Å². The number of ketones is 1. The first-order valence-electron chi connectivity index (χ1n) is 12.9. The molecule has 2 aromatic heterocycles. The van der Waals surface area contributed by atoms with Crippen LogP contribution >= 0.6 is 0 Å². The number of alkyl halides is 3. The number of aromatic nitrogens is 4. The molecule has 0 bridgehead atoms. The Morgan fingerprint density at radius 3 is 2.32 bits per heavy atom. The first kappa shape index (κ1) is 26.7. The third-order valence-corrected chi connectivity index (χ3v) is 7.82. The Kier molecular flexibility index (Phi) is 6.39. The summed E-state index contributed by atoms with van der Waals surface area (Å²) in [6.07, 6.45) is -1.07. The van der Waals surface area contributed by atoms with Crippen molar-refractivity contribution in [3.05, 3.63) is 83.9 Å². The summed E-state index contributed by atoms with van der Waals surface area (Å²) in [6, 6.07) is 9.87. The third-order valence-electron chi connectivity index (χ3n) is 7.82. The zero-order valence-corrected chi connectivity index (χ0v) is 21.5. The lowest BCUT2D eigenvalue weighted by atomic mass is 9.83. The number of nitrogens with one attached hydrogen (secondary N) is 1. The number of rotatable bonds is 4. The van der Waals surface area contributed by atoms with Crippen LogP contribution in [0.5, 0.6) is 0 Å². The summed E-state index contributed by atoms with van der Waals surface area (Å²) in [5, 5.41) is 4.31. The van der Waals surface area contributed by atoms with Crippen LogP contribution < -0.4 is 4.90 Å². The van der Waals surface area contributed by atoms with E-state index in [4.69, 9.17) is 0 Å². The fourth-order valence-electron chi connectivity index (χ4n) is 5.73. The Hall–Kier alpha value is -4.55. The van der Waals surface area contributed by atoms with Gasteiger partial charge in [-0.3, -0.25) is 9.59 Å². The lowest BCUT2D eigenvalue weighted by Crippen LogP contribution is -2.56. The van der Waals surface area contributed by atoms with Crippen molar-refractivity contribution < 1.29 is 31.5 Å². The van der Waals surface area contributed by atoms with Crippen molar-refractivity contribution in [2.24, 2.45) is 0 Å². The minimum absolute atomic E-state index is 0.0310. The predicted octanol–water partition coefficient (Wildman–Crippen LogP) is 5.01. The number of aromatic amines is 1. The quantitative estimate of drug-likeness (QED) is 0.349. The number of carbonyl (C=O) groups is 2. The highest BCUT2D eigenvalue weighted by molar-refractivity contribution is 5.97. The number of carbonyl (C=O) groups excluding carboxylic acids is 2. The number of hydrogen-bond donors (Lipinski definition) is 1. The Morgan fingerprint density at radius 1 is 0.951 bits per heavy atom. The number of anilines is 1. The predicted molar refractivity (Wildman–Crippen MR) is 137 cm³/mol. The molecule has 2 aromatic carbocycles. The molecule has 2 fully saturated rings. The Bertz CT molecular complexity index is 1610. The number of piperidine rings is 1. The molecule has 0 unspecified atom stereocenters. The lowest BCUT2D eigenvalue weighted by molar-refractivity contribution is -0.140. The Balaban J connectivity index is 1.28. The van der Waals surface area contributed by atoms with Crippen LogP contribution in [0.4, 0.5) is 27.6 Å². The first-order chi connectivity index (χ1) is 19.6. The van der Waals surface area contributed by atoms with Gasteiger partial charge in [-0.2, -0.15) is 18.3 Å². The fourth-order valence-corrected chi connectivity index (χ4v) is 5.73. The van der Waals surface area contributed by atoms with Crippen LogP contribution in [-0.2, 0) is 11.0 Å². The highest BCUT2D eigenvalue weighted by Gasteiger charge is 2.50. The van der Waals surface area contributed by atoms with Gasteiger partial charge < -0.3 is 14.8 Å². The molecule has 4 heterocycles. The van der Waals surface area contributed by atoms with Crippen LogP contribution in [0, 0.1) is 11.6 Å². The highest BCUT2D eigenvalue weighted by atomic mass is 19.4. The minimum atomic E-state index is -4.93. The maximum Gasteiger partial charge on any atom is 0.419 e. The topological polar surface area (TPSA) is 87.1 Å². The SMILES string of the molecule is O=C(c1cc(-c2cnc[nH]2)n(-c2ccc(F)c(C(F)(F)F)c2)n1)N1CCC2(CC1)C(=O)CCN2c1ccc(F)cc1. The smallest absolute Gasteiger partial charge is 0.358 e. The summed E-state index contributed by atoms with van der Waals surface area (Å²) in [6.45, 7) is 0.973. The second-order valence-electron chi connectivity index (χ2n) is 10.1. The number of likely N-dealkylation sites (tertiary alicyclic amines) is 1. The molecule has 2 saturated heterocycles. The largest absolute Gasteiger partial charge is 0.419 e. The van der Waals surface area contributed by atoms with Gasteiger partial charge in [0, 0.05) is 31.7 Å². The van der Waals surface area contributed by atoms with Gasteiger partial charge in [0.2, 0.25) is 0 Å². The molecule has 13 heteroatoms. The van der Waals surface area contributed by atoms with E-state index in [0.717, 1.165) is 16.4 Å². The summed E-state index contributed by atoms with van der Waals surface area (Å²) in [7, 11) is 0. The van der Waals surface area contributed by atoms with Gasteiger partial charge in [-0.1, -0.05) is 0 Å². The second-order valence-corrected chi connectivity index (χ2v) is 10.1. The molecule has 0 aliphatic carbocycles. The van der Waals surface area contributed by atoms with Crippen LogP contribution in [0.15, 0.2) is 61.1 Å². The Labute approximate surface area is 230 Å². The maximum absolute atomic E-state index is 14.0. The van der Waals surface area contributed by atoms with Crippen molar-refractivity contribution in [3.63, 3.8) is 0 Å². The standard InChI is InChI=1S/C28H23F5N6O2/c29-17-1-3-18(4-2-17)38-10-7-25(40)27(38)8-11-37(12-9-27)26(41)22-14-24(23-15-34-16-35-23)39(36-22)19-5-6-21(30)20(13-19)28(31,32)33/h1-6,13-16H,7-12H2,(H,34,35). The molecule has 2 aliphatic rings. The van der Waals surface area contributed by atoms with Gasteiger partial charge in [0.05, 0.1) is 35.2 Å². The summed E-state index contributed by atoms with van der Waals surface area (Å²) in [5.41, 5.74) is -1.01.